The predicted molar refractivity (Wildman–Crippen MR) is 127 cm³/mol. The molecule has 9 heteroatoms. The van der Waals surface area contributed by atoms with Gasteiger partial charge in [0.15, 0.2) is 6.61 Å². The van der Waals surface area contributed by atoms with Crippen LogP contribution in [0.4, 0.5) is 11.4 Å². The molecule has 3 rings (SSSR count). The number of carbonyl (C=O) groups excluding carboxylic acids is 2. The van der Waals surface area contributed by atoms with E-state index < -0.39 is 11.8 Å². The molecule has 0 aromatic heterocycles. The maximum absolute atomic E-state index is 12.5. The number of nitrogens with one attached hydrogen (secondary N) is 2. The van der Waals surface area contributed by atoms with Gasteiger partial charge in [0.2, 0.25) is 0 Å². The molecular weight excluding hydrogens is 465 g/mol. The van der Waals surface area contributed by atoms with E-state index in [9.17, 15) is 20.0 Å². The number of nitriles is 1. The van der Waals surface area contributed by atoms with E-state index in [-0.39, 0.29) is 23.7 Å². The quantitative estimate of drug-likeness (QED) is 0.242. The summed E-state index contributed by atoms with van der Waals surface area (Å²) < 4.78 is 5.60. The van der Waals surface area contributed by atoms with Crippen LogP contribution >= 0.6 is 23.2 Å². The van der Waals surface area contributed by atoms with Crippen LogP contribution in [0.15, 0.2) is 72.3 Å². The normalized spacial score (nSPS) is 10.8. The molecule has 0 aliphatic carbocycles. The Hall–Kier alpha value is -3.99. The molecule has 7 nitrogen and oxygen atoms in total. The Bertz CT molecular complexity index is 1250. The van der Waals surface area contributed by atoms with E-state index in [1.165, 1.54) is 42.5 Å². The summed E-state index contributed by atoms with van der Waals surface area (Å²) in [7, 11) is 0. The molecule has 33 heavy (non-hydrogen) atoms. The highest BCUT2D eigenvalue weighted by Gasteiger charge is 2.13. The molecule has 2 amide bonds. The summed E-state index contributed by atoms with van der Waals surface area (Å²) in [5, 5.41) is 24.8. The molecule has 0 atom stereocenters. The zero-order valence-corrected chi connectivity index (χ0v) is 18.5. The van der Waals surface area contributed by atoms with Crippen molar-refractivity contribution < 1.29 is 19.4 Å². The number of amides is 2. The molecule has 0 aliphatic rings. The number of phenolic OH excluding ortho intramolecular Hbond substituents is 1. The van der Waals surface area contributed by atoms with Crippen molar-refractivity contribution in [1.82, 2.24) is 0 Å². The summed E-state index contributed by atoms with van der Waals surface area (Å²) >= 11 is 12.1. The Morgan fingerprint density at radius 2 is 1.76 bits per heavy atom. The van der Waals surface area contributed by atoms with Crippen molar-refractivity contribution in [1.29, 1.82) is 5.26 Å². The van der Waals surface area contributed by atoms with Crippen molar-refractivity contribution in [3.63, 3.8) is 0 Å². The number of benzene rings is 3. The molecule has 0 heterocycles. The minimum atomic E-state index is -0.662. The number of ether oxygens (including phenoxy) is 1. The van der Waals surface area contributed by atoms with Crippen molar-refractivity contribution in [3.8, 4) is 17.6 Å². The molecule has 0 unspecified atom stereocenters. The fraction of sp³-hybridized carbons (Fsp3) is 0.0417. The van der Waals surface area contributed by atoms with Crippen molar-refractivity contribution in [2.75, 3.05) is 17.2 Å². The first-order valence-electron chi connectivity index (χ1n) is 9.54. The smallest absolute Gasteiger partial charge is 0.266 e. The Morgan fingerprint density at radius 1 is 1.03 bits per heavy atom. The van der Waals surface area contributed by atoms with Gasteiger partial charge >= 0.3 is 0 Å². The van der Waals surface area contributed by atoms with Crippen LogP contribution in [0.25, 0.3) is 6.08 Å². The number of rotatable bonds is 7. The van der Waals surface area contributed by atoms with Crippen LogP contribution in [0.2, 0.25) is 10.0 Å². The number of para-hydroxylation sites is 1. The Kier molecular flexibility index (Phi) is 7.92. The first kappa shape index (κ1) is 23.7. The number of phenols is 1. The van der Waals surface area contributed by atoms with Crippen LogP contribution in [0.3, 0.4) is 0 Å². The van der Waals surface area contributed by atoms with E-state index in [4.69, 9.17) is 27.9 Å². The summed E-state index contributed by atoms with van der Waals surface area (Å²) in [5.74, 6) is -0.814. The van der Waals surface area contributed by atoms with Gasteiger partial charge in [-0.2, -0.15) is 5.26 Å². The second-order valence-electron chi connectivity index (χ2n) is 6.67. The van der Waals surface area contributed by atoms with E-state index in [0.717, 1.165) is 0 Å². The highest BCUT2D eigenvalue weighted by atomic mass is 35.5. The highest BCUT2D eigenvalue weighted by Crippen LogP contribution is 2.26. The van der Waals surface area contributed by atoms with Gasteiger partial charge in [0.05, 0.1) is 10.7 Å². The Balaban J connectivity index is 1.75. The van der Waals surface area contributed by atoms with Gasteiger partial charge in [-0.25, -0.2) is 0 Å². The molecule has 0 saturated carbocycles. The third-order valence-corrected chi connectivity index (χ3v) is 4.83. The number of halogens is 2. The number of nitrogens with zero attached hydrogens (tertiary/aromatic N) is 1. The number of hydrogen-bond acceptors (Lipinski definition) is 5. The summed E-state index contributed by atoms with van der Waals surface area (Å²) in [6.07, 6.45) is 1.31. The van der Waals surface area contributed by atoms with Gasteiger partial charge < -0.3 is 20.5 Å². The minimum absolute atomic E-state index is 0.0448. The van der Waals surface area contributed by atoms with Crippen LogP contribution in [0.1, 0.15) is 5.56 Å². The average molecular weight is 482 g/mol. The van der Waals surface area contributed by atoms with Crippen LogP contribution in [0, 0.1) is 11.3 Å². The van der Waals surface area contributed by atoms with Crippen molar-refractivity contribution in [3.05, 3.63) is 87.9 Å². The van der Waals surface area contributed by atoms with Gasteiger partial charge in [-0.15, -0.1) is 0 Å². The Morgan fingerprint density at radius 3 is 2.45 bits per heavy atom. The molecule has 0 bridgehead atoms. The van der Waals surface area contributed by atoms with E-state index in [1.54, 1.807) is 30.3 Å². The number of carbonyl (C=O) groups is 2. The van der Waals surface area contributed by atoms with Crippen LogP contribution in [-0.2, 0) is 9.59 Å². The van der Waals surface area contributed by atoms with Gasteiger partial charge in [-0.1, -0.05) is 35.3 Å². The lowest BCUT2D eigenvalue weighted by Crippen LogP contribution is -2.20. The monoisotopic (exact) mass is 481 g/mol. The van der Waals surface area contributed by atoms with E-state index in [2.05, 4.69) is 10.6 Å². The largest absolute Gasteiger partial charge is 0.508 e. The third-order valence-electron chi connectivity index (χ3n) is 4.27. The summed E-state index contributed by atoms with van der Waals surface area (Å²) in [6, 6.07) is 19.0. The van der Waals surface area contributed by atoms with E-state index in [1.807, 2.05) is 6.07 Å². The average Bonchev–Trinajstić information content (AvgIpc) is 2.79. The first-order valence-corrected chi connectivity index (χ1v) is 10.3. The number of anilines is 2. The third kappa shape index (κ3) is 6.74. The standard InChI is InChI=1S/C24H17Cl2N3O4/c25-17-5-10-22(33-14-23(31)29-21-4-2-1-3-20(21)26)15(12-17)11-16(13-27)24(32)28-18-6-8-19(30)9-7-18/h1-12,30H,14H2,(H,28,32)(H,29,31)/b16-11+. The summed E-state index contributed by atoms with van der Waals surface area (Å²) in [5.41, 5.74) is 0.973. The molecule has 0 radical (unpaired) electrons. The zero-order valence-electron chi connectivity index (χ0n) is 17.0. The molecule has 166 valence electrons. The molecule has 0 saturated heterocycles. The molecule has 3 aromatic rings. The second kappa shape index (κ2) is 11.0. The number of aromatic hydroxyl groups is 1. The number of hydrogen-bond donors (Lipinski definition) is 3. The SMILES string of the molecule is N#C/C(=C\c1cc(Cl)ccc1OCC(=O)Nc1ccccc1Cl)C(=O)Nc1ccc(O)cc1. The van der Waals surface area contributed by atoms with Crippen molar-refractivity contribution >= 4 is 52.5 Å². The lowest BCUT2D eigenvalue weighted by molar-refractivity contribution is -0.118. The van der Waals surface area contributed by atoms with Crippen LogP contribution < -0.4 is 15.4 Å². The van der Waals surface area contributed by atoms with Crippen molar-refractivity contribution in [2.24, 2.45) is 0 Å². The maximum atomic E-state index is 12.5. The van der Waals surface area contributed by atoms with Gasteiger partial charge in [-0.3, -0.25) is 9.59 Å². The van der Waals surface area contributed by atoms with Crippen LogP contribution in [-0.4, -0.2) is 23.5 Å². The molecular formula is C24H17Cl2N3O4. The minimum Gasteiger partial charge on any atom is -0.508 e. The second-order valence-corrected chi connectivity index (χ2v) is 7.51. The summed E-state index contributed by atoms with van der Waals surface area (Å²) in [6.45, 7) is -0.338. The predicted octanol–water partition coefficient (Wildman–Crippen LogP) is 5.26. The van der Waals surface area contributed by atoms with Crippen molar-refractivity contribution in [2.45, 2.75) is 0 Å². The molecule has 0 spiro atoms. The maximum Gasteiger partial charge on any atom is 0.266 e. The highest BCUT2D eigenvalue weighted by molar-refractivity contribution is 6.33. The fourth-order valence-corrected chi connectivity index (χ4v) is 3.07. The molecule has 0 fully saturated rings. The van der Waals surface area contributed by atoms with Gasteiger partial charge in [0.25, 0.3) is 11.8 Å². The fourth-order valence-electron chi connectivity index (χ4n) is 2.70. The zero-order chi connectivity index (χ0) is 23.8. The first-order chi connectivity index (χ1) is 15.9. The molecule has 3 aromatic carbocycles. The summed E-state index contributed by atoms with van der Waals surface area (Å²) in [4.78, 5) is 24.8. The lowest BCUT2D eigenvalue weighted by atomic mass is 10.1. The van der Waals surface area contributed by atoms with Gasteiger partial charge in [0.1, 0.15) is 23.1 Å². The lowest BCUT2D eigenvalue weighted by Gasteiger charge is -2.11. The molecule has 0 aliphatic heterocycles. The molecule has 3 N–H and O–H groups in total. The van der Waals surface area contributed by atoms with E-state index in [0.29, 0.717) is 27.0 Å². The van der Waals surface area contributed by atoms with E-state index >= 15 is 0 Å². The van der Waals surface area contributed by atoms with Gasteiger partial charge in [-0.05, 0) is 60.7 Å². The topological polar surface area (TPSA) is 111 Å². The Labute approximate surface area is 199 Å². The van der Waals surface area contributed by atoms with Crippen LogP contribution in [0.5, 0.6) is 11.5 Å². The van der Waals surface area contributed by atoms with Gasteiger partial charge in [0, 0.05) is 16.3 Å².